The first-order chi connectivity index (χ1) is 13.9. The minimum atomic E-state index is -4.78. The first-order valence-corrected chi connectivity index (χ1v) is 10.1. The number of ether oxygens (including phenoxy) is 2. The van der Waals surface area contributed by atoms with Crippen molar-refractivity contribution in [2.75, 3.05) is 0 Å². The van der Waals surface area contributed by atoms with E-state index in [2.05, 4.69) is 9.89 Å². The maximum atomic E-state index is 12.9. The Bertz CT molecular complexity index is 892. The second-order valence-corrected chi connectivity index (χ2v) is 8.43. The van der Waals surface area contributed by atoms with Crippen LogP contribution < -0.4 is 10.5 Å². The van der Waals surface area contributed by atoms with Crippen molar-refractivity contribution in [3.63, 3.8) is 0 Å². The number of aromatic nitrogens is 1. The molecule has 29 heavy (non-hydrogen) atoms. The van der Waals surface area contributed by atoms with Crippen LogP contribution in [0.15, 0.2) is 28.8 Å². The van der Waals surface area contributed by atoms with E-state index in [1.807, 2.05) is 0 Å². The SMILES string of the molecule is NC1C[C@@H]2C[C@H]1C[C@@H]2OCc1c(-c2ccccc2OC(F)(F)F)noc1C1CC1. The Kier molecular flexibility index (Phi) is 4.58. The van der Waals surface area contributed by atoms with Crippen molar-refractivity contribution in [2.45, 2.75) is 63.1 Å². The molecule has 5 nitrogen and oxygen atoms in total. The van der Waals surface area contributed by atoms with Crippen LogP contribution in [0.4, 0.5) is 13.2 Å². The monoisotopic (exact) mass is 408 g/mol. The van der Waals surface area contributed by atoms with E-state index in [1.54, 1.807) is 12.1 Å². The third kappa shape index (κ3) is 3.75. The number of hydrogen-bond donors (Lipinski definition) is 1. The standard InChI is InChI=1S/C21H23F3N2O3/c22-21(23,24)28-17-4-2-1-3-14(17)19-15(20(29-26-19)11-5-6-11)10-27-18-9-12-7-13(18)8-16(12)25/h1-4,11-13,16,18H,5-10,25H2/t12-,13-,16?,18-/m0/s1. The number of hydrogen-bond acceptors (Lipinski definition) is 5. The zero-order chi connectivity index (χ0) is 20.2. The Morgan fingerprint density at radius 1 is 1.10 bits per heavy atom. The Morgan fingerprint density at radius 3 is 2.55 bits per heavy atom. The summed E-state index contributed by atoms with van der Waals surface area (Å²) in [6.07, 6.45) is 0.355. The van der Waals surface area contributed by atoms with Gasteiger partial charge in [-0.05, 0) is 56.1 Å². The summed E-state index contributed by atoms with van der Waals surface area (Å²) < 4.78 is 54.6. The van der Waals surface area contributed by atoms with Gasteiger partial charge in [-0.15, -0.1) is 13.2 Å². The first kappa shape index (κ1) is 18.9. The second kappa shape index (κ2) is 7.02. The molecule has 5 rings (SSSR count). The first-order valence-electron chi connectivity index (χ1n) is 10.1. The molecule has 4 atom stereocenters. The van der Waals surface area contributed by atoms with Gasteiger partial charge in [0.1, 0.15) is 17.2 Å². The van der Waals surface area contributed by atoms with Gasteiger partial charge in [-0.3, -0.25) is 0 Å². The highest BCUT2D eigenvalue weighted by Gasteiger charge is 2.45. The van der Waals surface area contributed by atoms with Crippen LogP contribution >= 0.6 is 0 Å². The van der Waals surface area contributed by atoms with E-state index >= 15 is 0 Å². The summed E-state index contributed by atoms with van der Waals surface area (Å²) in [5.41, 5.74) is 7.49. The van der Waals surface area contributed by atoms with Crippen molar-refractivity contribution in [1.82, 2.24) is 5.16 Å². The molecule has 0 amide bonds. The van der Waals surface area contributed by atoms with Gasteiger partial charge in [-0.1, -0.05) is 17.3 Å². The van der Waals surface area contributed by atoms with Crippen LogP contribution in [0.5, 0.6) is 5.75 Å². The van der Waals surface area contributed by atoms with E-state index in [4.69, 9.17) is 15.0 Å². The van der Waals surface area contributed by atoms with Crippen molar-refractivity contribution in [1.29, 1.82) is 0 Å². The molecule has 0 spiro atoms. The van der Waals surface area contributed by atoms with Gasteiger partial charge in [-0.25, -0.2) is 0 Å². The van der Waals surface area contributed by atoms with Crippen molar-refractivity contribution in [3.05, 3.63) is 35.6 Å². The summed E-state index contributed by atoms with van der Waals surface area (Å²) in [5.74, 6) is 1.67. The van der Waals surface area contributed by atoms with Crippen molar-refractivity contribution in [2.24, 2.45) is 17.6 Å². The average Bonchev–Trinajstić information content (AvgIpc) is 3.14. The second-order valence-electron chi connectivity index (χ2n) is 8.43. The highest BCUT2D eigenvalue weighted by molar-refractivity contribution is 5.70. The third-order valence-corrected chi connectivity index (χ3v) is 6.42. The number of alkyl halides is 3. The van der Waals surface area contributed by atoms with Crippen molar-refractivity contribution >= 4 is 0 Å². The zero-order valence-electron chi connectivity index (χ0n) is 15.8. The van der Waals surface area contributed by atoms with E-state index in [0.29, 0.717) is 17.5 Å². The van der Waals surface area contributed by atoms with Crippen LogP contribution in [0.3, 0.4) is 0 Å². The summed E-state index contributed by atoms with van der Waals surface area (Å²) in [4.78, 5) is 0. The van der Waals surface area contributed by atoms with E-state index in [9.17, 15) is 13.2 Å². The molecule has 1 heterocycles. The minimum absolute atomic E-state index is 0.135. The topological polar surface area (TPSA) is 70.5 Å². The normalized spacial score (nSPS) is 28.8. The van der Waals surface area contributed by atoms with Crippen molar-refractivity contribution < 1.29 is 27.2 Å². The van der Waals surface area contributed by atoms with Crippen LogP contribution in [0, 0.1) is 11.8 Å². The van der Waals surface area contributed by atoms with Crippen LogP contribution in [-0.4, -0.2) is 23.7 Å². The minimum Gasteiger partial charge on any atom is -0.405 e. The van der Waals surface area contributed by atoms with Gasteiger partial charge in [0.2, 0.25) is 0 Å². The summed E-state index contributed by atoms with van der Waals surface area (Å²) in [7, 11) is 0. The molecular weight excluding hydrogens is 385 g/mol. The quantitative estimate of drug-likeness (QED) is 0.746. The number of fused-ring (bicyclic) bond motifs is 2. The lowest BCUT2D eigenvalue weighted by atomic mass is 9.93. The Labute approximate surface area is 166 Å². The average molecular weight is 408 g/mol. The molecule has 0 aliphatic heterocycles. The largest absolute Gasteiger partial charge is 0.573 e. The predicted octanol–water partition coefficient (Wildman–Crippen LogP) is 4.76. The number of halogens is 3. The molecule has 8 heteroatoms. The highest BCUT2D eigenvalue weighted by Crippen LogP contribution is 2.48. The van der Waals surface area contributed by atoms with Crippen LogP contribution in [-0.2, 0) is 11.3 Å². The Morgan fingerprint density at radius 2 is 1.90 bits per heavy atom. The van der Waals surface area contributed by atoms with Crippen LogP contribution in [0.25, 0.3) is 11.3 Å². The fourth-order valence-corrected chi connectivity index (χ4v) is 4.88. The molecule has 3 fully saturated rings. The molecule has 3 aliphatic carbocycles. The zero-order valence-corrected chi connectivity index (χ0v) is 15.8. The van der Waals surface area contributed by atoms with Gasteiger partial charge in [0.25, 0.3) is 0 Å². The molecule has 1 unspecified atom stereocenters. The lowest BCUT2D eigenvalue weighted by molar-refractivity contribution is -0.274. The maximum Gasteiger partial charge on any atom is 0.573 e. The molecule has 1 aromatic heterocycles. The Hall–Kier alpha value is -2.06. The van der Waals surface area contributed by atoms with Crippen LogP contribution in [0.2, 0.25) is 0 Å². The van der Waals surface area contributed by atoms with E-state index < -0.39 is 6.36 Å². The van der Waals surface area contributed by atoms with Gasteiger partial charge < -0.3 is 19.7 Å². The summed E-state index contributed by atoms with van der Waals surface area (Å²) in [6, 6.07) is 6.28. The Balaban J connectivity index is 1.42. The van der Waals surface area contributed by atoms with E-state index in [-0.39, 0.29) is 36.0 Å². The fraction of sp³-hybridized carbons (Fsp3) is 0.571. The molecule has 3 aliphatic rings. The van der Waals surface area contributed by atoms with Gasteiger partial charge in [-0.2, -0.15) is 0 Å². The summed E-state index contributed by atoms with van der Waals surface area (Å²) >= 11 is 0. The lowest BCUT2D eigenvalue weighted by Gasteiger charge is -2.25. The predicted molar refractivity (Wildman–Crippen MR) is 98.0 cm³/mol. The number of rotatable bonds is 6. The molecule has 2 N–H and O–H groups in total. The molecule has 1 aromatic carbocycles. The molecule has 2 bridgehead atoms. The summed E-state index contributed by atoms with van der Waals surface area (Å²) in [6.45, 7) is 0.272. The third-order valence-electron chi connectivity index (χ3n) is 6.42. The van der Waals surface area contributed by atoms with E-state index in [0.717, 1.165) is 43.4 Å². The maximum absolute atomic E-state index is 12.9. The molecule has 156 valence electrons. The number of nitrogens with zero attached hydrogens (tertiary/aromatic N) is 1. The molecular formula is C21H23F3N2O3. The smallest absolute Gasteiger partial charge is 0.405 e. The molecule has 3 saturated carbocycles. The lowest BCUT2D eigenvalue weighted by Crippen LogP contribution is -2.33. The van der Waals surface area contributed by atoms with Gasteiger partial charge in [0.05, 0.1) is 12.7 Å². The van der Waals surface area contributed by atoms with Crippen molar-refractivity contribution in [3.8, 4) is 17.0 Å². The molecule has 0 saturated heterocycles. The highest BCUT2D eigenvalue weighted by atomic mass is 19.4. The fourth-order valence-electron chi connectivity index (χ4n) is 4.88. The van der Waals surface area contributed by atoms with Gasteiger partial charge in [0, 0.05) is 23.1 Å². The molecule has 2 aromatic rings. The number of nitrogens with two attached hydrogens (primary N) is 1. The van der Waals surface area contributed by atoms with E-state index in [1.165, 1.54) is 12.1 Å². The van der Waals surface area contributed by atoms with Gasteiger partial charge >= 0.3 is 6.36 Å². The number of benzene rings is 1. The van der Waals surface area contributed by atoms with Gasteiger partial charge in [0.15, 0.2) is 0 Å². The molecule has 0 radical (unpaired) electrons. The van der Waals surface area contributed by atoms with Crippen LogP contribution in [0.1, 0.15) is 49.3 Å². The summed E-state index contributed by atoms with van der Waals surface area (Å²) in [5, 5.41) is 4.12. The number of para-hydroxylation sites is 1.